The van der Waals surface area contributed by atoms with Crippen molar-refractivity contribution in [2.45, 2.75) is 13.3 Å². The van der Waals surface area contributed by atoms with Gasteiger partial charge in [-0.1, -0.05) is 11.6 Å². The minimum absolute atomic E-state index is 0.496. The Morgan fingerprint density at radius 1 is 1.32 bits per heavy atom. The maximum absolute atomic E-state index is 6.03. The van der Waals surface area contributed by atoms with Gasteiger partial charge in [-0.05, 0) is 6.92 Å². The van der Waals surface area contributed by atoms with Gasteiger partial charge in [-0.15, -0.1) is 0 Å². The summed E-state index contributed by atoms with van der Waals surface area (Å²) in [6, 6.07) is 0. The first kappa shape index (κ1) is 13.5. The molecule has 2 aromatic rings. The number of hydrogen-bond acceptors (Lipinski definition) is 6. The van der Waals surface area contributed by atoms with Crippen LogP contribution in [0.2, 0.25) is 5.02 Å². The van der Waals surface area contributed by atoms with Crippen molar-refractivity contribution in [1.82, 2.24) is 24.7 Å². The lowest BCUT2D eigenvalue weighted by Crippen LogP contribution is -2.10. The first-order valence-electron chi connectivity index (χ1n) is 6.04. The number of aryl methyl sites for hydroxylation is 1. The number of nitrogens with one attached hydrogen (secondary N) is 2. The second-order valence-corrected chi connectivity index (χ2v) is 4.34. The second kappa shape index (κ2) is 6.33. The number of aromatic nitrogens is 5. The molecule has 0 aliphatic carbocycles. The molecule has 0 atom stereocenters. The Balaban J connectivity index is 1.93. The fourth-order valence-electron chi connectivity index (χ4n) is 1.53. The van der Waals surface area contributed by atoms with E-state index in [0.717, 1.165) is 12.4 Å². The third-order valence-electron chi connectivity index (χ3n) is 2.37. The van der Waals surface area contributed by atoms with Crippen molar-refractivity contribution < 1.29 is 0 Å². The van der Waals surface area contributed by atoms with Crippen LogP contribution in [0.15, 0.2) is 12.5 Å². The van der Waals surface area contributed by atoms with Crippen molar-refractivity contribution in [2.75, 3.05) is 23.7 Å². The van der Waals surface area contributed by atoms with Crippen LogP contribution < -0.4 is 10.6 Å². The van der Waals surface area contributed by atoms with Gasteiger partial charge < -0.3 is 10.6 Å². The Morgan fingerprint density at radius 3 is 2.84 bits per heavy atom. The van der Waals surface area contributed by atoms with Crippen molar-refractivity contribution in [3.8, 4) is 0 Å². The Labute approximate surface area is 116 Å². The monoisotopic (exact) mass is 281 g/mol. The first-order valence-corrected chi connectivity index (χ1v) is 6.41. The third kappa shape index (κ3) is 3.78. The zero-order chi connectivity index (χ0) is 13.7. The maximum atomic E-state index is 6.03. The summed E-state index contributed by atoms with van der Waals surface area (Å²) in [7, 11) is 1.84. The number of rotatable bonds is 6. The quantitative estimate of drug-likeness (QED) is 0.832. The summed E-state index contributed by atoms with van der Waals surface area (Å²) in [5.74, 6) is 1.96. The summed E-state index contributed by atoms with van der Waals surface area (Å²) in [6.45, 7) is 3.41. The van der Waals surface area contributed by atoms with Crippen LogP contribution in [-0.4, -0.2) is 37.8 Å². The third-order valence-corrected chi connectivity index (χ3v) is 2.64. The van der Waals surface area contributed by atoms with E-state index in [4.69, 9.17) is 11.6 Å². The van der Waals surface area contributed by atoms with E-state index in [9.17, 15) is 0 Å². The van der Waals surface area contributed by atoms with Gasteiger partial charge in [-0.2, -0.15) is 10.1 Å². The molecule has 0 aliphatic heterocycles. The fourth-order valence-corrected chi connectivity index (χ4v) is 1.68. The van der Waals surface area contributed by atoms with E-state index >= 15 is 0 Å². The molecule has 2 rings (SSSR count). The molecule has 2 N–H and O–H groups in total. The molecule has 0 unspecified atom stereocenters. The van der Waals surface area contributed by atoms with Gasteiger partial charge in [0, 0.05) is 26.6 Å². The molecule has 8 heteroatoms. The summed E-state index contributed by atoms with van der Waals surface area (Å²) in [5, 5.41) is 10.9. The van der Waals surface area contributed by atoms with Crippen LogP contribution >= 0.6 is 11.6 Å². The Hall–Kier alpha value is -1.89. The summed E-state index contributed by atoms with van der Waals surface area (Å²) in [5.41, 5.74) is 0. The average Bonchev–Trinajstić information content (AvgIpc) is 2.79. The molecule has 0 saturated carbocycles. The van der Waals surface area contributed by atoms with E-state index < -0.39 is 0 Å². The molecule has 102 valence electrons. The minimum Gasteiger partial charge on any atom is -0.368 e. The van der Waals surface area contributed by atoms with Crippen molar-refractivity contribution in [3.05, 3.63) is 23.4 Å². The van der Waals surface area contributed by atoms with Gasteiger partial charge in [-0.3, -0.25) is 4.68 Å². The zero-order valence-corrected chi connectivity index (χ0v) is 11.6. The number of halogens is 1. The molecule has 19 heavy (non-hydrogen) atoms. The van der Waals surface area contributed by atoms with Crippen LogP contribution in [0.3, 0.4) is 0 Å². The molecule has 0 aliphatic rings. The van der Waals surface area contributed by atoms with Gasteiger partial charge in [0.05, 0.1) is 6.20 Å². The lowest BCUT2D eigenvalue weighted by molar-refractivity contribution is 0.741. The van der Waals surface area contributed by atoms with Gasteiger partial charge in [0.1, 0.15) is 17.2 Å². The van der Waals surface area contributed by atoms with Gasteiger partial charge in [0.25, 0.3) is 0 Å². The normalized spacial score (nSPS) is 10.5. The van der Waals surface area contributed by atoms with Crippen molar-refractivity contribution in [2.24, 2.45) is 7.05 Å². The van der Waals surface area contributed by atoms with E-state index in [0.29, 0.717) is 29.8 Å². The second-order valence-electron chi connectivity index (χ2n) is 3.93. The fraction of sp³-hybridized carbons (Fsp3) is 0.455. The Morgan fingerprint density at radius 2 is 2.16 bits per heavy atom. The molecule has 0 spiro atoms. The van der Waals surface area contributed by atoms with E-state index in [-0.39, 0.29) is 0 Å². The minimum atomic E-state index is 0.496. The summed E-state index contributed by atoms with van der Waals surface area (Å²) in [6.07, 6.45) is 3.96. The SMILES string of the molecule is CCNc1ncc(Cl)c(NCCc2ncn(C)n2)n1. The summed E-state index contributed by atoms with van der Waals surface area (Å²) in [4.78, 5) is 12.5. The molecule has 2 aromatic heterocycles. The lowest BCUT2D eigenvalue weighted by atomic mass is 10.4. The van der Waals surface area contributed by atoms with Gasteiger partial charge in [-0.25, -0.2) is 9.97 Å². The molecular formula is C11H16ClN7. The summed E-state index contributed by atoms with van der Waals surface area (Å²) >= 11 is 6.03. The van der Waals surface area contributed by atoms with Crippen molar-refractivity contribution in [3.63, 3.8) is 0 Å². The van der Waals surface area contributed by atoms with Crippen LogP contribution in [0.4, 0.5) is 11.8 Å². The van der Waals surface area contributed by atoms with Crippen LogP contribution in [-0.2, 0) is 13.5 Å². The van der Waals surface area contributed by atoms with Crippen molar-refractivity contribution >= 4 is 23.4 Å². The topological polar surface area (TPSA) is 80.5 Å². The van der Waals surface area contributed by atoms with Crippen LogP contribution in [0.25, 0.3) is 0 Å². The largest absolute Gasteiger partial charge is 0.368 e. The van der Waals surface area contributed by atoms with Gasteiger partial charge in [0.15, 0.2) is 5.82 Å². The highest BCUT2D eigenvalue weighted by atomic mass is 35.5. The molecule has 0 bridgehead atoms. The van der Waals surface area contributed by atoms with E-state index in [1.165, 1.54) is 0 Å². The highest BCUT2D eigenvalue weighted by molar-refractivity contribution is 6.32. The zero-order valence-electron chi connectivity index (χ0n) is 10.9. The molecule has 0 aromatic carbocycles. The Bertz CT molecular complexity index is 540. The van der Waals surface area contributed by atoms with Gasteiger partial charge >= 0.3 is 0 Å². The standard InChI is InChI=1S/C11H16ClN7/c1-3-13-11-15-6-8(12)10(17-11)14-5-4-9-16-7-19(2)18-9/h6-7H,3-5H2,1-2H3,(H2,13,14,15,17). The number of hydrogen-bond donors (Lipinski definition) is 2. The number of nitrogens with zero attached hydrogens (tertiary/aromatic N) is 5. The average molecular weight is 282 g/mol. The van der Waals surface area contributed by atoms with Gasteiger partial charge in [0.2, 0.25) is 5.95 Å². The molecule has 0 fully saturated rings. The predicted octanol–water partition coefficient (Wildman–Crippen LogP) is 1.34. The highest BCUT2D eigenvalue weighted by Crippen LogP contribution is 2.19. The number of anilines is 2. The van der Waals surface area contributed by atoms with E-state index in [1.54, 1.807) is 17.2 Å². The van der Waals surface area contributed by atoms with Crippen LogP contribution in [0.5, 0.6) is 0 Å². The predicted molar refractivity (Wildman–Crippen MR) is 74.4 cm³/mol. The van der Waals surface area contributed by atoms with Crippen molar-refractivity contribution in [1.29, 1.82) is 0 Å². The highest BCUT2D eigenvalue weighted by Gasteiger charge is 2.05. The first-order chi connectivity index (χ1) is 9.19. The molecule has 0 saturated heterocycles. The molecule has 7 nitrogen and oxygen atoms in total. The van der Waals surface area contributed by atoms with Crippen LogP contribution in [0, 0.1) is 0 Å². The Kier molecular flexibility index (Phi) is 4.51. The summed E-state index contributed by atoms with van der Waals surface area (Å²) < 4.78 is 1.68. The van der Waals surface area contributed by atoms with E-state index in [1.807, 2.05) is 14.0 Å². The molecule has 0 amide bonds. The molecule has 2 heterocycles. The smallest absolute Gasteiger partial charge is 0.224 e. The lowest BCUT2D eigenvalue weighted by Gasteiger charge is -2.08. The molecule has 0 radical (unpaired) electrons. The molecular weight excluding hydrogens is 266 g/mol. The maximum Gasteiger partial charge on any atom is 0.224 e. The van der Waals surface area contributed by atoms with Crippen LogP contribution in [0.1, 0.15) is 12.7 Å². The van der Waals surface area contributed by atoms with E-state index in [2.05, 4.69) is 30.7 Å².